The zero-order valence-corrected chi connectivity index (χ0v) is 17.0. The van der Waals surface area contributed by atoms with E-state index in [0.717, 1.165) is 35.3 Å². The first-order chi connectivity index (χ1) is 14.7. The van der Waals surface area contributed by atoms with Gasteiger partial charge in [-0.2, -0.15) is 5.10 Å². The number of nitrogens with one attached hydrogen (secondary N) is 2. The van der Waals surface area contributed by atoms with E-state index >= 15 is 0 Å². The lowest BCUT2D eigenvalue weighted by atomic mass is 9.95. The molecule has 1 aliphatic rings. The molecule has 1 saturated carbocycles. The zero-order chi connectivity index (χ0) is 20.5. The van der Waals surface area contributed by atoms with Crippen LogP contribution in [0.2, 0.25) is 0 Å². The van der Waals surface area contributed by atoms with Gasteiger partial charge in [-0.1, -0.05) is 36.6 Å². The molecule has 0 bridgehead atoms. The number of aromatic amines is 1. The minimum Gasteiger partial charge on any atom is -0.338 e. The summed E-state index contributed by atoms with van der Waals surface area (Å²) in [7, 11) is 0. The topological polar surface area (TPSA) is 93.4 Å². The zero-order valence-electron chi connectivity index (χ0n) is 17.0. The van der Waals surface area contributed by atoms with E-state index in [9.17, 15) is 4.79 Å². The molecule has 8 nitrogen and oxygen atoms in total. The van der Waals surface area contributed by atoms with Gasteiger partial charge in [0.2, 0.25) is 0 Å². The van der Waals surface area contributed by atoms with E-state index in [1.165, 1.54) is 19.3 Å². The second-order valence-electron chi connectivity index (χ2n) is 8.03. The van der Waals surface area contributed by atoms with Crippen LogP contribution in [-0.4, -0.2) is 29.8 Å². The Hall–Kier alpha value is -3.42. The Morgan fingerprint density at radius 2 is 2.07 bits per heavy atom. The average Bonchev–Trinajstić information content (AvgIpc) is 3.33. The van der Waals surface area contributed by atoms with Crippen molar-refractivity contribution in [3.63, 3.8) is 0 Å². The first-order valence-corrected chi connectivity index (χ1v) is 10.5. The van der Waals surface area contributed by atoms with Gasteiger partial charge < -0.3 is 10.3 Å². The number of anilines is 2. The number of aromatic nitrogens is 6. The fourth-order valence-electron chi connectivity index (χ4n) is 4.33. The van der Waals surface area contributed by atoms with Gasteiger partial charge in [-0.05, 0) is 43.5 Å². The predicted molar refractivity (Wildman–Crippen MR) is 116 cm³/mol. The third-order valence-electron chi connectivity index (χ3n) is 5.74. The molecule has 1 aromatic carbocycles. The number of fused-ring (bicyclic) bond motifs is 1. The maximum Gasteiger partial charge on any atom is 0.261 e. The van der Waals surface area contributed by atoms with Crippen molar-refractivity contribution >= 4 is 22.4 Å². The van der Waals surface area contributed by atoms with Gasteiger partial charge in [-0.25, -0.2) is 4.68 Å². The minimum atomic E-state index is -0.119. The Labute approximate surface area is 173 Å². The van der Waals surface area contributed by atoms with Crippen LogP contribution in [0.3, 0.4) is 0 Å². The average molecular weight is 403 g/mol. The van der Waals surface area contributed by atoms with Crippen molar-refractivity contribution in [2.75, 3.05) is 5.32 Å². The lowest BCUT2D eigenvalue weighted by Crippen LogP contribution is -2.14. The van der Waals surface area contributed by atoms with Gasteiger partial charge in [0.25, 0.3) is 5.56 Å². The highest BCUT2D eigenvalue weighted by Crippen LogP contribution is 2.32. The van der Waals surface area contributed by atoms with Crippen LogP contribution < -0.4 is 10.9 Å². The highest BCUT2D eigenvalue weighted by atomic mass is 16.1. The number of H-pyrrole nitrogens is 1. The van der Waals surface area contributed by atoms with Crippen molar-refractivity contribution in [3.05, 3.63) is 64.3 Å². The fourth-order valence-corrected chi connectivity index (χ4v) is 4.33. The van der Waals surface area contributed by atoms with Crippen LogP contribution in [0.15, 0.2) is 47.5 Å². The van der Waals surface area contributed by atoms with Crippen LogP contribution in [0.5, 0.6) is 0 Å². The molecule has 30 heavy (non-hydrogen) atoms. The maximum atomic E-state index is 12.6. The van der Waals surface area contributed by atoms with E-state index in [4.69, 9.17) is 5.10 Å². The number of nitrogens with zero attached hydrogens (tertiary/aromatic N) is 5. The Morgan fingerprint density at radius 3 is 2.87 bits per heavy atom. The normalized spacial score (nSPS) is 15.0. The molecule has 1 aliphatic carbocycles. The van der Waals surface area contributed by atoms with E-state index in [1.807, 2.05) is 46.7 Å². The molecule has 5 rings (SSSR count). The van der Waals surface area contributed by atoms with Gasteiger partial charge in [0.1, 0.15) is 5.39 Å². The summed E-state index contributed by atoms with van der Waals surface area (Å²) < 4.78 is 3.86. The summed E-state index contributed by atoms with van der Waals surface area (Å²) >= 11 is 0. The van der Waals surface area contributed by atoms with E-state index in [1.54, 1.807) is 6.20 Å². The van der Waals surface area contributed by atoms with Crippen molar-refractivity contribution in [1.82, 2.24) is 29.8 Å². The third kappa shape index (κ3) is 3.60. The molecule has 0 saturated heterocycles. The van der Waals surface area contributed by atoms with Crippen molar-refractivity contribution in [2.45, 2.75) is 51.6 Å². The van der Waals surface area contributed by atoms with E-state index < -0.39 is 0 Å². The van der Waals surface area contributed by atoms with Crippen LogP contribution >= 0.6 is 0 Å². The molecule has 3 heterocycles. The van der Waals surface area contributed by atoms with Crippen LogP contribution in [0, 0.1) is 6.92 Å². The van der Waals surface area contributed by atoms with E-state index in [2.05, 4.69) is 26.7 Å². The monoisotopic (exact) mass is 403 g/mol. The van der Waals surface area contributed by atoms with E-state index in [-0.39, 0.29) is 5.56 Å². The Bertz CT molecular complexity index is 1230. The van der Waals surface area contributed by atoms with Crippen molar-refractivity contribution in [2.24, 2.45) is 0 Å². The summed E-state index contributed by atoms with van der Waals surface area (Å²) in [6, 6.07) is 10.4. The van der Waals surface area contributed by atoms with Gasteiger partial charge in [0.05, 0.1) is 23.8 Å². The van der Waals surface area contributed by atoms with Gasteiger partial charge >= 0.3 is 0 Å². The number of pyridine rings is 1. The molecule has 0 unspecified atom stereocenters. The minimum absolute atomic E-state index is 0.119. The molecule has 1 fully saturated rings. The van der Waals surface area contributed by atoms with E-state index in [0.29, 0.717) is 23.8 Å². The molecule has 0 radical (unpaired) electrons. The maximum absolute atomic E-state index is 12.6. The molecule has 0 atom stereocenters. The summed E-state index contributed by atoms with van der Waals surface area (Å²) in [6.07, 6.45) is 9.53. The molecule has 3 aromatic heterocycles. The van der Waals surface area contributed by atoms with Crippen LogP contribution in [0.25, 0.3) is 10.9 Å². The number of benzene rings is 1. The SMILES string of the molecule is Cc1cn(Cc2cccc(Nc3nn(C4CCCCC4)c4cc[nH]c(=O)c34)c2)nn1. The van der Waals surface area contributed by atoms with Crippen molar-refractivity contribution in [1.29, 1.82) is 0 Å². The molecular weight excluding hydrogens is 378 g/mol. The smallest absolute Gasteiger partial charge is 0.261 e. The predicted octanol–water partition coefficient (Wildman–Crippen LogP) is 3.92. The van der Waals surface area contributed by atoms with Gasteiger partial charge in [-0.3, -0.25) is 9.48 Å². The van der Waals surface area contributed by atoms with Crippen LogP contribution in [-0.2, 0) is 6.54 Å². The van der Waals surface area contributed by atoms with Gasteiger partial charge in [-0.15, -0.1) is 5.10 Å². The number of hydrogen-bond acceptors (Lipinski definition) is 5. The largest absolute Gasteiger partial charge is 0.338 e. The summed E-state index contributed by atoms with van der Waals surface area (Å²) in [5, 5.41) is 17.0. The quantitative estimate of drug-likeness (QED) is 0.527. The van der Waals surface area contributed by atoms with Gasteiger partial charge in [0.15, 0.2) is 5.82 Å². The van der Waals surface area contributed by atoms with Crippen LogP contribution in [0.1, 0.15) is 49.4 Å². The second kappa shape index (κ2) is 7.78. The standard InChI is InChI=1S/C22H25N7O/c1-15-13-28(27-25-15)14-16-6-5-7-17(12-16)24-21-20-19(10-11-23-22(20)30)29(26-21)18-8-3-2-4-9-18/h5-7,10-13,18H,2-4,8-9,14H2,1H3,(H,23,30)(H,24,26). The lowest BCUT2D eigenvalue weighted by molar-refractivity contribution is 0.338. The van der Waals surface area contributed by atoms with Crippen molar-refractivity contribution < 1.29 is 0 Å². The summed E-state index contributed by atoms with van der Waals surface area (Å²) in [6.45, 7) is 2.56. The Kier molecular flexibility index (Phi) is 4.82. The third-order valence-corrected chi connectivity index (χ3v) is 5.74. The number of aryl methyl sites for hydroxylation is 1. The molecule has 0 amide bonds. The highest BCUT2D eigenvalue weighted by molar-refractivity contribution is 5.91. The summed E-state index contributed by atoms with van der Waals surface area (Å²) in [4.78, 5) is 15.4. The molecule has 0 aliphatic heterocycles. The molecule has 2 N–H and O–H groups in total. The molecule has 4 aromatic rings. The fraction of sp³-hybridized carbons (Fsp3) is 0.364. The first kappa shape index (κ1) is 18.6. The molecule has 8 heteroatoms. The number of hydrogen-bond donors (Lipinski definition) is 2. The van der Waals surface area contributed by atoms with Crippen LogP contribution in [0.4, 0.5) is 11.5 Å². The van der Waals surface area contributed by atoms with Gasteiger partial charge in [0, 0.05) is 18.1 Å². The second-order valence-corrected chi connectivity index (χ2v) is 8.03. The molecular formula is C22H25N7O. The molecule has 154 valence electrons. The summed E-state index contributed by atoms with van der Waals surface area (Å²) in [5.41, 5.74) is 3.65. The highest BCUT2D eigenvalue weighted by Gasteiger charge is 2.22. The Morgan fingerprint density at radius 1 is 1.20 bits per heavy atom. The first-order valence-electron chi connectivity index (χ1n) is 10.5. The summed E-state index contributed by atoms with van der Waals surface area (Å²) in [5.74, 6) is 0.603. The Balaban J connectivity index is 1.48. The van der Waals surface area contributed by atoms with Crippen molar-refractivity contribution in [3.8, 4) is 0 Å². The molecule has 0 spiro atoms. The number of rotatable bonds is 5. The lowest BCUT2D eigenvalue weighted by Gasteiger charge is -2.22.